The van der Waals surface area contributed by atoms with Crippen molar-refractivity contribution >= 4 is 5.91 Å². The van der Waals surface area contributed by atoms with Crippen LogP contribution in [0.15, 0.2) is 0 Å². The lowest BCUT2D eigenvalue weighted by atomic mass is 9.80. The Morgan fingerprint density at radius 3 is 2.56 bits per heavy atom. The van der Waals surface area contributed by atoms with Crippen molar-refractivity contribution < 1.29 is 14.3 Å². The van der Waals surface area contributed by atoms with E-state index in [1.807, 2.05) is 6.92 Å². The predicted molar refractivity (Wildman–Crippen MR) is 64.7 cm³/mol. The Labute approximate surface area is 108 Å². The van der Waals surface area contributed by atoms with Crippen molar-refractivity contribution in [3.05, 3.63) is 0 Å². The summed E-state index contributed by atoms with van der Waals surface area (Å²) in [6.07, 6.45) is 1.89. The Morgan fingerprint density at radius 2 is 2.06 bits per heavy atom. The second-order valence-electron chi connectivity index (χ2n) is 5.15. The second kappa shape index (κ2) is 5.25. The van der Waals surface area contributed by atoms with Crippen LogP contribution in [0.3, 0.4) is 0 Å². The van der Waals surface area contributed by atoms with Gasteiger partial charge in [-0.1, -0.05) is 0 Å². The van der Waals surface area contributed by atoms with Crippen LogP contribution in [-0.2, 0) is 14.3 Å². The summed E-state index contributed by atoms with van der Waals surface area (Å²) >= 11 is 0. The Kier molecular flexibility index (Phi) is 3.88. The van der Waals surface area contributed by atoms with Crippen molar-refractivity contribution in [1.29, 1.82) is 5.26 Å². The van der Waals surface area contributed by atoms with E-state index < -0.39 is 5.41 Å². The lowest BCUT2D eigenvalue weighted by Crippen LogP contribution is -2.50. The molecule has 1 amide bonds. The van der Waals surface area contributed by atoms with Crippen LogP contribution in [0.1, 0.15) is 26.2 Å². The van der Waals surface area contributed by atoms with Gasteiger partial charge in [0.15, 0.2) is 0 Å². The van der Waals surface area contributed by atoms with Crippen LogP contribution in [0, 0.1) is 16.7 Å². The van der Waals surface area contributed by atoms with Crippen molar-refractivity contribution in [1.82, 2.24) is 4.90 Å². The highest BCUT2D eigenvalue weighted by atomic mass is 16.5. The van der Waals surface area contributed by atoms with Gasteiger partial charge in [-0.3, -0.25) is 4.79 Å². The molecule has 5 heteroatoms. The molecule has 2 saturated heterocycles. The number of nitriles is 1. The molecule has 2 rings (SSSR count). The molecule has 0 spiro atoms. The maximum absolute atomic E-state index is 12.6. The maximum Gasteiger partial charge on any atom is 0.243 e. The van der Waals surface area contributed by atoms with Crippen molar-refractivity contribution in [2.45, 2.75) is 38.3 Å². The molecule has 0 aromatic rings. The molecular formula is C13H20N2O3. The van der Waals surface area contributed by atoms with Gasteiger partial charge in [-0.25, -0.2) is 0 Å². The van der Waals surface area contributed by atoms with Crippen LogP contribution < -0.4 is 0 Å². The molecule has 0 aliphatic carbocycles. The fourth-order valence-corrected chi connectivity index (χ4v) is 2.81. The number of hydrogen-bond donors (Lipinski definition) is 0. The van der Waals surface area contributed by atoms with Crippen molar-refractivity contribution in [3.63, 3.8) is 0 Å². The molecule has 0 saturated carbocycles. The Bertz CT molecular complexity index is 358. The van der Waals surface area contributed by atoms with Crippen LogP contribution >= 0.6 is 0 Å². The fraction of sp³-hybridized carbons (Fsp3) is 0.846. The molecule has 0 radical (unpaired) electrons. The van der Waals surface area contributed by atoms with E-state index in [4.69, 9.17) is 9.47 Å². The standard InChI is InChI=1S/C13H20N2O3/c1-10-11(3-6-18-10)15(2)12(16)13(9-14)4-7-17-8-5-13/h10-11H,3-8H2,1-2H3. The van der Waals surface area contributed by atoms with Gasteiger partial charge in [0.25, 0.3) is 0 Å². The zero-order chi connectivity index (χ0) is 13.2. The maximum atomic E-state index is 12.6. The minimum Gasteiger partial charge on any atom is -0.381 e. The summed E-state index contributed by atoms with van der Waals surface area (Å²) in [6, 6.07) is 2.31. The van der Waals surface area contributed by atoms with Gasteiger partial charge < -0.3 is 14.4 Å². The SMILES string of the molecule is CC1OCCC1N(C)C(=O)C1(C#N)CCOCC1. The first-order chi connectivity index (χ1) is 8.60. The van der Waals surface area contributed by atoms with Gasteiger partial charge in [0.05, 0.1) is 18.2 Å². The van der Waals surface area contributed by atoms with E-state index in [1.54, 1.807) is 11.9 Å². The van der Waals surface area contributed by atoms with Gasteiger partial charge in [-0.05, 0) is 26.2 Å². The van der Waals surface area contributed by atoms with E-state index in [0.717, 1.165) is 6.42 Å². The molecule has 2 heterocycles. The summed E-state index contributed by atoms with van der Waals surface area (Å²) in [6.45, 7) is 3.64. The van der Waals surface area contributed by atoms with Gasteiger partial charge in [0.2, 0.25) is 5.91 Å². The molecule has 2 aliphatic heterocycles. The van der Waals surface area contributed by atoms with Crippen molar-refractivity contribution in [2.75, 3.05) is 26.9 Å². The predicted octanol–water partition coefficient (Wildman–Crippen LogP) is 0.943. The molecule has 2 fully saturated rings. The third-order valence-electron chi connectivity index (χ3n) is 4.12. The Morgan fingerprint density at radius 1 is 1.39 bits per heavy atom. The average Bonchev–Trinajstić information content (AvgIpc) is 2.84. The summed E-state index contributed by atoms with van der Waals surface area (Å²) in [5.41, 5.74) is -0.894. The molecule has 0 aromatic carbocycles. The fourth-order valence-electron chi connectivity index (χ4n) is 2.81. The van der Waals surface area contributed by atoms with Crippen LogP contribution in [0.2, 0.25) is 0 Å². The quantitative estimate of drug-likeness (QED) is 0.734. The van der Waals surface area contributed by atoms with Gasteiger partial charge in [0, 0.05) is 26.9 Å². The highest BCUT2D eigenvalue weighted by molar-refractivity contribution is 5.85. The molecule has 18 heavy (non-hydrogen) atoms. The summed E-state index contributed by atoms with van der Waals surface area (Å²) in [4.78, 5) is 14.3. The number of carbonyl (C=O) groups is 1. The van der Waals surface area contributed by atoms with Crippen LogP contribution in [0.4, 0.5) is 0 Å². The number of carbonyl (C=O) groups excluding carboxylic acids is 1. The lowest BCUT2D eigenvalue weighted by molar-refractivity contribution is -0.145. The largest absolute Gasteiger partial charge is 0.381 e. The third-order valence-corrected chi connectivity index (χ3v) is 4.12. The van der Waals surface area contributed by atoms with E-state index in [2.05, 4.69) is 6.07 Å². The second-order valence-corrected chi connectivity index (χ2v) is 5.15. The van der Waals surface area contributed by atoms with Crippen LogP contribution in [0.5, 0.6) is 0 Å². The first-order valence-electron chi connectivity index (χ1n) is 6.48. The smallest absolute Gasteiger partial charge is 0.243 e. The number of amides is 1. The molecule has 2 atom stereocenters. The molecule has 2 unspecified atom stereocenters. The van der Waals surface area contributed by atoms with E-state index in [-0.39, 0.29) is 18.1 Å². The molecule has 0 N–H and O–H groups in total. The Balaban J connectivity index is 2.11. The summed E-state index contributed by atoms with van der Waals surface area (Å²) < 4.78 is 10.7. The molecule has 100 valence electrons. The lowest BCUT2D eigenvalue weighted by Gasteiger charge is -2.36. The number of likely N-dealkylation sites (N-methyl/N-ethyl adjacent to an activating group) is 1. The minimum absolute atomic E-state index is 0.0505. The van der Waals surface area contributed by atoms with Gasteiger partial charge in [0.1, 0.15) is 5.41 Å². The number of nitrogens with zero attached hydrogens (tertiary/aromatic N) is 2. The molecule has 0 bridgehead atoms. The van der Waals surface area contributed by atoms with E-state index in [9.17, 15) is 10.1 Å². The zero-order valence-corrected chi connectivity index (χ0v) is 11.0. The van der Waals surface area contributed by atoms with Gasteiger partial charge >= 0.3 is 0 Å². The first-order valence-corrected chi connectivity index (χ1v) is 6.48. The molecular weight excluding hydrogens is 232 g/mol. The van der Waals surface area contributed by atoms with Crippen LogP contribution in [-0.4, -0.2) is 49.8 Å². The van der Waals surface area contributed by atoms with E-state index in [1.165, 1.54) is 0 Å². The van der Waals surface area contributed by atoms with Crippen LogP contribution in [0.25, 0.3) is 0 Å². The third kappa shape index (κ3) is 2.23. The highest BCUT2D eigenvalue weighted by Crippen LogP contribution is 2.33. The molecule has 0 aromatic heterocycles. The monoisotopic (exact) mass is 252 g/mol. The molecule has 2 aliphatic rings. The topological polar surface area (TPSA) is 62.6 Å². The first kappa shape index (κ1) is 13.3. The number of ether oxygens (including phenoxy) is 2. The molecule has 5 nitrogen and oxygen atoms in total. The Hall–Kier alpha value is -1.12. The van der Waals surface area contributed by atoms with E-state index >= 15 is 0 Å². The summed E-state index contributed by atoms with van der Waals surface area (Å²) in [5.74, 6) is -0.0735. The minimum atomic E-state index is -0.894. The highest BCUT2D eigenvalue weighted by Gasteiger charge is 2.45. The van der Waals surface area contributed by atoms with Gasteiger partial charge in [-0.2, -0.15) is 5.26 Å². The number of hydrogen-bond acceptors (Lipinski definition) is 4. The normalized spacial score (nSPS) is 30.7. The average molecular weight is 252 g/mol. The zero-order valence-electron chi connectivity index (χ0n) is 11.0. The van der Waals surface area contributed by atoms with Gasteiger partial charge in [-0.15, -0.1) is 0 Å². The van der Waals surface area contributed by atoms with Crippen molar-refractivity contribution in [3.8, 4) is 6.07 Å². The summed E-state index contributed by atoms with van der Waals surface area (Å²) in [5, 5.41) is 9.39. The van der Waals surface area contributed by atoms with E-state index in [0.29, 0.717) is 32.7 Å². The summed E-state index contributed by atoms with van der Waals surface area (Å²) in [7, 11) is 1.78. The van der Waals surface area contributed by atoms with Crippen molar-refractivity contribution in [2.24, 2.45) is 5.41 Å². The number of rotatable bonds is 2.